The molecule has 0 saturated carbocycles. The predicted molar refractivity (Wildman–Crippen MR) is 196 cm³/mol. The molecule has 1 aliphatic heterocycles. The van der Waals surface area contributed by atoms with Crippen molar-refractivity contribution in [1.82, 2.24) is 18.7 Å². The third-order valence-corrected chi connectivity index (χ3v) is 11.1. The average molecular weight is 687 g/mol. The molecule has 9 rings (SSSR count). The number of ether oxygens (including phenoxy) is 2. The van der Waals surface area contributed by atoms with Crippen molar-refractivity contribution in [2.75, 3.05) is 6.79 Å². The fraction of sp³-hybridized carbons (Fsp3) is 0.0476. The topological polar surface area (TPSA) is 88.2 Å². The summed E-state index contributed by atoms with van der Waals surface area (Å²) in [4.78, 5) is 4.94. The lowest BCUT2D eigenvalue weighted by Gasteiger charge is -2.36. The van der Waals surface area contributed by atoms with Gasteiger partial charge in [0.1, 0.15) is 5.54 Å². The van der Waals surface area contributed by atoms with Crippen LogP contribution in [-0.4, -0.2) is 33.9 Å². The summed E-state index contributed by atoms with van der Waals surface area (Å²) < 4.78 is 42.8. The fourth-order valence-electron chi connectivity index (χ4n) is 7.01. The van der Waals surface area contributed by atoms with Gasteiger partial charge in [0.15, 0.2) is 17.1 Å². The van der Waals surface area contributed by atoms with Gasteiger partial charge in [0.25, 0.3) is 10.0 Å². The largest absolute Gasteiger partial charge is 0.454 e. The average Bonchev–Trinajstić information content (AvgIpc) is 3.96. The maximum atomic E-state index is 14.2. The summed E-state index contributed by atoms with van der Waals surface area (Å²) in [6, 6.07) is 47.0. The van der Waals surface area contributed by atoms with Crippen LogP contribution in [0.2, 0.25) is 0 Å². The van der Waals surface area contributed by atoms with Gasteiger partial charge >= 0.3 is 0 Å². The molecule has 8 nitrogen and oxygen atoms in total. The van der Waals surface area contributed by atoms with Crippen LogP contribution in [0.5, 0.6) is 11.5 Å². The van der Waals surface area contributed by atoms with Gasteiger partial charge in [-0.3, -0.25) is 4.68 Å². The highest BCUT2D eigenvalue weighted by atomic mass is 32.2. The van der Waals surface area contributed by atoms with Gasteiger partial charge in [-0.05, 0) is 52.6 Å². The number of hydrogen-bond donors (Lipinski definition) is 0. The van der Waals surface area contributed by atoms with Crippen molar-refractivity contribution in [2.45, 2.75) is 10.4 Å². The number of hydrogen-bond acceptors (Lipinski definition) is 6. The molecule has 0 radical (unpaired) electrons. The molecule has 0 saturated heterocycles. The normalized spacial score (nSPS) is 12.7. The predicted octanol–water partition coefficient (Wildman–Crippen LogP) is 8.37. The molecule has 51 heavy (non-hydrogen) atoms. The van der Waals surface area contributed by atoms with Crippen molar-refractivity contribution in [3.63, 3.8) is 0 Å². The lowest BCUT2D eigenvalue weighted by molar-refractivity contribution is 0.174. The van der Waals surface area contributed by atoms with Gasteiger partial charge in [-0.15, -0.1) is 0 Å². The van der Waals surface area contributed by atoms with Gasteiger partial charge in [0.2, 0.25) is 6.79 Å². The molecule has 8 aromatic rings. The minimum absolute atomic E-state index is 0.168. The van der Waals surface area contributed by atoms with E-state index >= 15 is 0 Å². The van der Waals surface area contributed by atoms with Gasteiger partial charge in [-0.2, -0.15) is 5.10 Å². The Labute approximate surface area is 294 Å². The van der Waals surface area contributed by atoms with Crippen LogP contribution in [0.1, 0.15) is 16.7 Å². The Hall–Kier alpha value is -6.45. The van der Waals surface area contributed by atoms with Crippen LogP contribution in [-0.2, 0) is 15.6 Å². The Bertz CT molecular complexity index is 2530. The number of benzene rings is 5. The van der Waals surface area contributed by atoms with E-state index in [9.17, 15) is 8.42 Å². The smallest absolute Gasteiger partial charge is 0.269 e. The molecule has 248 valence electrons. The highest BCUT2D eigenvalue weighted by Gasteiger charge is 2.39. The standard InChI is InChI=1S/C42H30N4O4S/c47-51(48,36-19-11-4-12-20-36)45-28-38(37-23-31(25-43-41(37)45)30-21-22-39-40(24-30)50-29-49-39)32-26-44-46(27-32)42(33-13-5-1-6-14-33,34-15-7-2-8-16-34)35-17-9-3-10-18-35/h1-28H,29H2. The second-order valence-corrected chi connectivity index (χ2v) is 14.1. The monoisotopic (exact) mass is 686 g/mol. The number of nitrogens with zero attached hydrogens (tertiary/aromatic N) is 4. The van der Waals surface area contributed by atoms with Gasteiger partial charge in [0, 0.05) is 40.7 Å². The summed E-state index contributed by atoms with van der Waals surface area (Å²) >= 11 is 0. The summed E-state index contributed by atoms with van der Waals surface area (Å²) in [6.07, 6.45) is 7.13. The molecule has 0 aliphatic carbocycles. The zero-order valence-electron chi connectivity index (χ0n) is 27.2. The van der Waals surface area contributed by atoms with Crippen LogP contribution in [0.3, 0.4) is 0 Å². The van der Waals surface area contributed by atoms with E-state index in [0.29, 0.717) is 28.1 Å². The quantitative estimate of drug-likeness (QED) is 0.149. The highest BCUT2D eigenvalue weighted by Crippen LogP contribution is 2.43. The van der Waals surface area contributed by atoms with Gasteiger partial charge in [0.05, 0.1) is 11.1 Å². The highest BCUT2D eigenvalue weighted by molar-refractivity contribution is 7.90. The molecule has 9 heteroatoms. The maximum absolute atomic E-state index is 14.2. The van der Waals surface area contributed by atoms with E-state index in [1.807, 2.05) is 89.7 Å². The summed E-state index contributed by atoms with van der Waals surface area (Å²) in [5.74, 6) is 1.33. The van der Waals surface area contributed by atoms with Crippen molar-refractivity contribution < 1.29 is 17.9 Å². The van der Waals surface area contributed by atoms with Crippen LogP contribution in [0, 0.1) is 0 Å². The van der Waals surface area contributed by atoms with E-state index < -0.39 is 15.6 Å². The van der Waals surface area contributed by atoms with Gasteiger partial charge in [-0.1, -0.05) is 115 Å². The molecule has 0 fully saturated rings. The van der Waals surface area contributed by atoms with Crippen LogP contribution < -0.4 is 9.47 Å². The van der Waals surface area contributed by atoms with Crippen LogP contribution >= 0.6 is 0 Å². The Balaban J connectivity index is 1.28. The Morgan fingerprint density at radius 2 is 1.18 bits per heavy atom. The molecule has 5 aromatic carbocycles. The SMILES string of the molecule is O=S(=O)(c1ccccc1)n1cc(-c2cnn(C(c3ccccc3)(c3ccccc3)c3ccccc3)c2)c2cc(-c3ccc4c(c3)OCO4)cnc21. The van der Waals surface area contributed by atoms with Crippen LogP contribution in [0.4, 0.5) is 0 Å². The minimum Gasteiger partial charge on any atom is -0.454 e. The van der Waals surface area contributed by atoms with E-state index in [1.165, 1.54) is 3.97 Å². The van der Waals surface area contributed by atoms with Crippen molar-refractivity contribution in [2.24, 2.45) is 0 Å². The number of pyridine rings is 1. The molecule has 0 spiro atoms. The summed E-state index contributed by atoms with van der Waals surface area (Å²) in [7, 11) is -4.00. The molecular formula is C42H30N4O4S. The molecule has 3 aromatic heterocycles. The number of aromatic nitrogens is 4. The summed E-state index contributed by atoms with van der Waals surface area (Å²) in [5, 5.41) is 5.72. The molecule has 0 bridgehead atoms. The molecule has 0 N–H and O–H groups in total. The minimum atomic E-state index is -4.00. The second kappa shape index (κ2) is 12.2. The Morgan fingerprint density at radius 1 is 0.588 bits per heavy atom. The molecule has 0 atom stereocenters. The number of fused-ring (bicyclic) bond motifs is 2. The van der Waals surface area contributed by atoms with E-state index in [4.69, 9.17) is 19.6 Å². The Morgan fingerprint density at radius 3 is 1.80 bits per heavy atom. The zero-order chi connectivity index (χ0) is 34.4. The number of rotatable bonds is 8. The third kappa shape index (κ3) is 5.01. The third-order valence-electron chi connectivity index (χ3n) is 9.43. The van der Waals surface area contributed by atoms with Crippen LogP contribution in [0.25, 0.3) is 33.3 Å². The van der Waals surface area contributed by atoms with Crippen LogP contribution in [0.15, 0.2) is 175 Å². The molecule has 4 heterocycles. The van der Waals surface area contributed by atoms with Crippen molar-refractivity contribution in [1.29, 1.82) is 0 Å². The van der Waals surface area contributed by atoms with E-state index in [-0.39, 0.29) is 11.7 Å². The molecular weight excluding hydrogens is 657 g/mol. The van der Waals surface area contributed by atoms with E-state index in [1.54, 1.807) is 48.9 Å². The lowest BCUT2D eigenvalue weighted by Crippen LogP contribution is -2.38. The first-order valence-corrected chi connectivity index (χ1v) is 17.9. The van der Waals surface area contributed by atoms with Crippen molar-refractivity contribution in [3.8, 4) is 33.8 Å². The first kappa shape index (κ1) is 30.6. The van der Waals surface area contributed by atoms with E-state index in [0.717, 1.165) is 33.4 Å². The van der Waals surface area contributed by atoms with Gasteiger partial charge < -0.3 is 9.47 Å². The first-order chi connectivity index (χ1) is 25.0. The summed E-state index contributed by atoms with van der Waals surface area (Å²) in [6.45, 7) is 0.168. The molecule has 0 unspecified atom stereocenters. The fourth-order valence-corrected chi connectivity index (χ4v) is 8.36. The van der Waals surface area contributed by atoms with Crippen molar-refractivity contribution in [3.05, 3.63) is 187 Å². The first-order valence-electron chi connectivity index (χ1n) is 16.5. The Kier molecular flexibility index (Phi) is 7.29. The zero-order valence-corrected chi connectivity index (χ0v) is 28.0. The summed E-state index contributed by atoms with van der Waals surface area (Å²) in [5.41, 5.74) is 5.63. The lowest BCUT2D eigenvalue weighted by atomic mass is 9.77. The maximum Gasteiger partial charge on any atom is 0.269 e. The molecule has 1 aliphatic rings. The van der Waals surface area contributed by atoms with E-state index in [2.05, 4.69) is 36.4 Å². The second-order valence-electron chi connectivity index (χ2n) is 12.3. The molecule has 0 amide bonds. The van der Waals surface area contributed by atoms with Gasteiger partial charge in [-0.25, -0.2) is 17.4 Å². The van der Waals surface area contributed by atoms with Crippen molar-refractivity contribution >= 4 is 21.1 Å².